The Hall–Kier alpha value is -2.33. The summed E-state index contributed by atoms with van der Waals surface area (Å²) in [4.78, 5) is 25.0. The van der Waals surface area contributed by atoms with Gasteiger partial charge in [0.1, 0.15) is 0 Å². The summed E-state index contributed by atoms with van der Waals surface area (Å²) >= 11 is 0. The Labute approximate surface area is 162 Å². The molecule has 0 bridgehead atoms. The Kier molecular flexibility index (Phi) is 5.53. The zero-order chi connectivity index (χ0) is 20.6. The molecule has 10 heteroatoms. The number of rotatable bonds is 6. The molecule has 0 radical (unpaired) electrons. The highest BCUT2D eigenvalue weighted by Gasteiger charge is 2.53. The lowest BCUT2D eigenvalue weighted by atomic mass is 9.86. The van der Waals surface area contributed by atoms with E-state index in [1.165, 1.54) is 10.9 Å². The molecule has 0 unspecified atom stereocenters. The maximum absolute atomic E-state index is 15.1. The third-order valence-corrected chi connectivity index (χ3v) is 5.49. The van der Waals surface area contributed by atoms with Crippen LogP contribution in [-0.2, 0) is 9.53 Å². The van der Waals surface area contributed by atoms with Crippen molar-refractivity contribution in [2.24, 2.45) is 11.8 Å². The average molecular weight is 394 g/mol. The number of halogens is 1. The summed E-state index contributed by atoms with van der Waals surface area (Å²) in [5.74, 6) is -0.468. The van der Waals surface area contributed by atoms with Gasteiger partial charge in [-0.3, -0.25) is 14.7 Å². The van der Waals surface area contributed by atoms with E-state index >= 15 is 4.39 Å². The van der Waals surface area contributed by atoms with Gasteiger partial charge >= 0.3 is 0 Å². The molecule has 0 spiro atoms. The van der Waals surface area contributed by atoms with Gasteiger partial charge < -0.3 is 15.2 Å². The SMILES string of the molecule is CC[C@]1(CO)O[C@@H](n2cnc3c(NC)nc(NC(=O)C(C)C)nc32)[C@H](F)[C@@H]1C. The van der Waals surface area contributed by atoms with E-state index in [2.05, 4.69) is 25.6 Å². The molecule has 3 N–H and O–H groups in total. The van der Waals surface area contributed by atoms with Gasteiger partial charge in [-0.1, -0.05) is 27.7 Å². The fourth-order valence-corrected chi connectivity index (χ4v) is 3.45. The van der Waals surface area contributed by atoms with Crippen LogP contribution in [0.5, 0.6) is 0 Å². The second-order valence-corrected chi connectivity index (χ2v) is 7.43. The summed E-state index contributed by atoms with van der Waals surface area (Å²) in [6, 6.07) is 0. The lowest BCUT2D eigenvalue weighted by molar-refractivity contribution is -0.118. The lowest BCUT2D eigenvalue weighted by Crippen LogP contribution is -2.39. The molecular weight excluding hydrogens is 367 g/mol. The Morgan fingerprint density at radius 1 is 1.46 bits per heavy atom. The van der Waals surface area contributed by atoms with Crippen molar-refractivity contribution in [1.29, 1.82) is 0 Å². The molecule has 0 saturated carbocycles. The van der Waals surface area contributed by atoms with Crippen LogP contribution in [0.4, 0.5) is 16.2 Å². The van der Waals surface area contributed by atoms with Crippen LogP contribution in [0.3, 0.4) is 0 Å². The molecule has 0 aromatic carbocycles. The number of hydrogen-bond donors (Lipinski definition) is 3. The van der Waals surface area contributed by atoms with Gasteiger partial charge in [-0.25, -0.2) is 9.37 Å². The first-order chi connectivity index (χ1) is 13.3. The molecule has 1 aliphatic rings. The smallest absolute Gasteiger partial charge is 0.233 e. The minimum Gasteiger partial charge on any atom is -0.393 e. The second kappa shape index (κ2) is 7.59. The van der Waals surface area contributed by atoms with Crippen molar-refractivity contribution >= 4 is 28.8 Å². The van der Waals surface area contributed by atoms with Gasteiger partial charge in [-0.15, -0.1) is 0 Å². The standard InChI is InChI=1S/C18H27FN6O3/c1-6-18(7-26)10(4)11(19)16(28-18)25-8-21-12-13(20-5)22-17(23-14(12)25)24-15(27)9(2)3/h8-11,16,26H,6-7H2,1-5H3,(H2,20,22,23,24,27)/t10-,11+,16+,18+/m0/s1. The second-order valence-electron chi connectivity index (χ2n) is 7.43. The molecule has 1 amide bonds. The molecular formula is C18H27FN6O3. The molecule has 1 saturated heterocycles. The van der Waals surface area contributed by atoms with Crippen LogP contribution in [0.15, 0.2) is 6.33 Å². The molecule has 28 heavy (non-hydrogen) atoms. The third-order valence-electron chi connectivity index (χ3n) is 5.49. The first-order valence-electron chi connectivity index (χ1n) is 9.43. The quantitative estimate of drug-likeness (QED) is 0.687. The molecule has 4 atom stereocenters. The van der Waals surface area contributed by atoms with E-state index < -0.39 is 23.9 Å². The molecule has 1 fully saturated rings. The number of aliphatic hydroxyl groups is 1. The summed E-state index contributed by atoms with van der Waals surface area (Å²) in [5, 5.41) is 15.4. The summed E-state index contributed by atoms with van der Waals surface area (Å²) in [7, 11) is 1.68. The fourth-order valence-electron chi connectivity index (χ4n) is 3.45. The van der Waals surface area contributed by atoms with Crippen molar-refractivity contribution in [2.75, 3.05) is 24.3 Å². The number of nitrogens with zero attached hydrogens (tertiary/aromatic N) is 4. The first kappa shape index (κ1) is 20.4. The van der Waals surface area contributed by atoms with E-state index in [1.54, 1.807) is 27.8 Å². The van der Waals surface area contributed by atoms with Gasteiger partial charge in [0.2, 0.25) is 11.9 Å². The molecule has 2 aromatic heterocycles. The van der Waals surface area contributed by atoms with Gasteiger partial charge in [-0.2, -0.15) is 9.97 Å². The van der Waals surface area contributed by atoms with Crippen LogP contribution in [0.1, 0.15) is 40.3 Å². The number of imidazole rings is 1. The molecule has 1 aliphatic heterocycles. The highest BCUT2D eigenvalue weighted by atomic mass is 19.1. The number of ether oxygens (including phenoxy) is 1. The van der Waals surface area contributed by atoms with E-state index in [-0.39, 0.29) is 24.4 Å². The van der Waals surface area contributed by atoms with Gasteiger partial charge in [0.25, 0.3) is 0 Å². The topological polar surface area (TPSA) is 114 Å². The minimum absolute atomic E-state index is 0.0997. The summed E-state index contributed by atoms with van der Waals surface area (Å²) < 4.78 is 22.6. The zero-order valence-corrected chi connectivity index (χ0v) is 16.7. The molecule has 0 aliphatic carbocycles. The van der Waals surface area contributed by atoms with Crippen molar-refractivity contribution in [3.05, 3.63) is 6.33 Å². The van der Waals surface area contributed by atoms with Crippen LogP contribution in [-0.4, -0.2) is 56.0 Å². The van der Waals surface area contributed by atoms with Crippen molar-refractivity contribution in [3.63, 3.8) is 0 Å². The van der Waals surface area contributed by atoms with E-state index in [0.29, 0.717) is 23.4 Å². The molecule has 3 heterocycles. The number of carbonyl (C=O) groups is 1. The van der Waals surface area contributed by atoms with E-state index in [0.717, 1.165) is 0 Å². The summed E-state index contributed by atoms with van der Waals surface area (Å²) in [6.45, 7) is 6.83. The number of nitrogens with one attached hydrogen (secondary N) is 2. The summed E-state index contributed by atoms with van der Waals surface area (Å²) in [5.41, 5.74) is -0.191. The largest absolute Gasteiger partial charge is 0.393 e. The van der Waals surface area contributed by atoms with Crippen molar-refractivity contribution in [3.8, 4) is 0 Å². The highest BCUT2D eigenvalue weighted by molar-refractivity contribution is 5.92. The number of fused-ring (bicyclic) bond motifs is 1. The monoisotopic (exact) mass is 394 g/mol. The Bertz CT molecular complexity index is 866. The first-order valence-corrected chi connectivity index (χ1v) is 9.43. The molecule has 3 rings (SSSR count). The fraction of sp³-hybridized carbons (Fsp3) is 0.667. The van der Waals surface area contributed by atoms with Crippen LogP contribution in [0.25, 0.3) is 11.2 Å². The number of anilines is 2. The number of aromatic nitrogens is 4. The maximum Gasteiger partial charge on any atom is 0.233 e. The Morgan fingerprint density at radius 2 is 2.18 bits per heavy atom. The van der Waals surface area contributed by atoms with Crippen LogP contribution in [0, 0.1) is 11.8 Å². The normalized spacial score (nSPS) is 27.5. The van der Waals surface area contributed by atoms with Crippen molar-refractivity contribution in [2.45, 2.75) is 52.1 Å². The van der Waals surface area contributed by atoms with Gasteiger partial charge in [-0.05, 0) is 6.42 Å². The van der Waals surface area contributed by atoms with Crippen LogP contribution >= 0.6 is 0 Å². The Morgan fingerprint density at radius 3 is 2.71 bits per heavy atom. The van der Waals surface area contributed by atoms with Crippen LogP contribution in [0.2, 0.25) is 0 Å². The van der Waals surface area contributed by atoms with E-state index in [9.17, 15) is 9.90 Å². The van der Waals surface area contributed by atoms with Crippen molar-refractivity contribution < 1.29 is 19.0 Å². The number of carbonyl (C=O) groups excluding carboxylic acids is 1. The third kappa shape index (κ3) is 3.20. The predicted molar refractivity (Wildman–Crippen MR) is 103 cm³/mol. The molecule has 154 valence electrons. The lowest BCUT2D eigenvalue weighted by Gasteiger charge is -2.29. The highest BCUT2D eigenvalue weighted by Crippen LogP contribution is 2.45. The molecule has 9 nitrogen and oxygen atoms in total. The zero-order valence-electron chi connectivity index (χ0n) is 16.7. The maximum atomic E-state index is 15.1. The predicted octanol–water partition coefficient (Wildman–Crippen LogP) is 2.11. The Balaban J connectivity index is 2.06. The average Bonchev–Trinajstić information content (AvgIpc) is 3.21. The minimum atomic E-state index is -1.36. The van der Waals surface area contributed by atoms with Gasteiger partial charge in [0.05, 0.1) is 18.5 Å². The van der Waals surface area contributed by atoms with Crippen molar-refractivity contribution in [1.82, 2.24) is 19.5 Å². The number of alkyl halides is 1. The molecule has 2 aromatic rings. The van der Waals surface area contributed by atoms with E-state index in [1.807, 2.05) is 6.92 Å². The van der Waals surface area contributed by atoms with E-state index in [4.69, 9.17) is 4.74 Å². The summed E-state index contributed by atoms with van der Waals surface area (Å²) in [6.07, 6.45) is -0.423. The number of amides is 1. The van der Waals surface area contributed by atoms with Crippen LogP contribution < -0.4 is 10.6 Å². The van der Waals surface area contributed by atoms with Gasteiger partial charge in [0.15, 0.2) is 29.4 Å². The van der Waals surface area contributed by atoms with Gasteiger partial charge in [0, 0.05) is 18.9 Å². The number of aliphatic hydroxyl groups excluding tert-OH is 1. The number of hydrogen-bond acceptors (Lipinski definition) is 7.